The SMILES string of the molecule is CCN(C)C(=O)CNC(=O)COc1ccc(CN)cc1. The zero-order chi connectivity index (χ0) is 15.0. The molecular formula is C14H21N3O3. The molecule has 0 saturated heterocycles. The zero-order valence-corrected chi connectivity index (χ0v) is 11.9. The Balaban J connectivity index is 2.30. The van der Waals surface area contributed by atoms with Crippen molar-refractivity contribution in [1.29, 1.82) is 0 Å². The van der Waals surface area contributed by atoms with Crippen LogP contribution in [0.4, 0.5) is 0 Å². The van der Waals surface area contributed by atoms with Crippen molar-refractivity contribution in [3.8, 4) is 5.75 Å². The number of benzene rings is 1. The highest BCUT2D eigenvalue weighted by atomic mass is 16.5. The van der Waals surface area contributed by atoms with Gasteiger partial charge in [0.05, 0.1) is 6.54 Å². The minimum Gasteiger partial charge on any atom is -0.484 e. The van der Waals surface area contributed by atoms with E-state index in [9.17, 15) is 9.59 Å². The van der Waals surface area contributed by atoms with Crippen LogP contribution in [-0.4, -0.2) is 43.5 Å². The summed E-state index contributed by atoms with van der Waals surface area (Å²) in [7, 11) is 1.68. The number of nitrogens with two attached hydrogens (primary N) is 1. The van der Waals surface area contributed by atoms with E-state index in [0.717, 1.165) is 5.56 Å². The Kier molecular flexibility index (Phi) is 6.52. The monoisotopic (exact) mass is 279 g/mol. The predicted octanol–water partition coefficient (Wildman–Crippen LogP) is 0.119. The van der Waals surface area contributed by atoms with Crippen LogP contribution in [0.1, 0.15) is 12.5 Å². The Morgan fingerprint density at radius 1 is 1.30 bits per heavy atom. The minimum atomic E-state index is -0.328. The molecule has 0 saturated carbocycles. The molecule has 6 heteroatoms. The molecule has 0 aliphatic carbocycles. The maximum Gasteiger partial charge on any atom is 0.258 e. The van der Waals surface area contributed by atoms with Gasteiger partial charge in [0.15, 0.2) is 6.61 Å². The van der Waals surface area contributed by atoms with Crippen LogP contribution in [0.3, 0.4) is 0 Å². The Morgan fingerprint density at radius 2 is 1.95 bits per heavy atom. The number of amides is 2. The maximum absolute atomic E-state index is 11.5. The second-order valence-corrected chi connectivity index (χ2v) is 4.32. The van der Waals surface area contributed by atoms with Gasteiger partial charge in [0.25, 0.3) is 5.91 Å². The Labute approximate surface area is 118 Å². The highest BCUT2D eigenvalue weighted by molar-refractivity contribution is 5.85. The molecule has 0 bridgehead atoms. The van der Waals surface area contributed by atoms with Crippen molar-refractivity contribution in [2.75, 3.05) is 26.7 Å². The molecule has 1 aromatic carbocycles. The fourth-order valence-electron chi connectivity index (χ4n) is 1.41. The summed E-state index contributed by atoms with van der Waals surface area (Å²) in [6.45, 7) is 2.81. The first-order chi connectivity index (χ1) is 9.56. The minimum absolute atomic E-state index is 0.0152. The number of likely N-dealkylation sites (N-methyl/N-ethyl adjacent to an activating group) is 1. The van der Waals surface area contributed by atoms with Crippen molar-refractivity contribution >= 4 is 11.8 Å². The summed E-state index contributed by atoms with van der Waals surface area (Å²) in [6.07, 6.45) is 0. The molecule has 0 atom stereocenters. The number of carbonyl (C=O) groups is 2. The van der Waals surface area contributed by atoms with Gasteiger partial charge in [-0.2, -0.15) is 0 Å². The number of hydrogen-bond acceptors (Lipinski definition) is 4. The second kappa shape index (κ2) is 8.16. The van der Waals surface area contributed by atoms with E-state index in [1.807, 2.05) is 19.1 Å². The van der Waals surface area contributed by atoms with Crippen molar-refractivity contribution in [2.24, 2.45) is 5.73 Å². The molecule has 3 N–H and O–H groups in total. The molecule has 0 unspecified atom stereocenters. The number of ether oxygens (including phenoxy) is 1. The summed E-state index contributed by atoms with van der Waals surface area (Å²) >= 11 is 0. The van der Waals surface area contributed by atoms with E-state index in [-0.39, 0.29) is 25.0 Å². The summed E-state index contributed by atoms with van der Waals surface area (Å²) < 4.78 is 5.31. The van der Waals surface area contributed by atoms with Crippen molar-refractivity contribution < 1.29 is 14.3 Å². The van der Waals surface area contributed by atoms with E-state index in [2.05, 4.69) is 5.32 Å². The quantitative estimate of drug-likeness (QED) is 0.742. The first-order valence-corrected chi connectivity index (χ1v) is 6.49. The molecule has 2 amide bonds. The summed E-state index contributed by atoms with van der Waals surface area (Å²) in [6, 6.07) is 7.19. The fourth-order valence-corrected chi connectivity index (χ4v) is 1.41. The second-order valence-electron chi connectivity index (χ2n) is 4.32. The lowest BCUT2D eigenvalue weighted by Gasteiger charge is -2.14. The van der Waals surface area contributed by atoms with E-state index in [0.29, 0.717) is 18.8 Å². The molecule has 0 heterocycles. The van der Waals surface area contributed by atoms with Gasteiger partial charge in [0.1, 0.15) is 5.75 Å². The van der Waals surface area contributed by atoms with E-state index in [4.69, 9.17) is 10.5 Å². The van der Waals surface area contributed by atoms with E-state index in [1.54, 1.807) is 19.2 Å². The molecule has 6 nitrogen and oxygen atoms in total. The van der Waals surface area contributed by atoms with Crippen molar-refractivity contribution in [2.45, 2.75) is 13.5 Å². The maximum atomic E-state index is 11.5. The first-order valence-electron chi connectivity index (χ1n) is 6.49. The molecule has 0 spiro atoms. The molecule has 110 valence electrons. The lowest BCUT2D eigenvalue weighted by atomic mass is 10.2. The van der Waals surface area contributed by atoms with Crippen LogP contribution in [0.2, 0.25) is 0 Å². The highest BCUT2D eigenvalue weighted by Crippen LogP contribution is 2.11. The number of rotatable bonds is 7. The number of carbonyl (C=O) groups excluding carboxylic acids is 2. The van der Waals surface area contributed by atoms with Crippen LogP contribution in [0, 0.1) is 0 Å². The molecule has 0 aromatic heterocycles. The number of nitrogens with one attached hydrogen (secondary N) is 1. The average Bonchev–Trinajstić information content (AvgIpc) is 2.50. The van der Waals surface area contributed by atoms with E-state index in [1.165, 1.54) is 4.90 Å². The summed E-state index contributed by atoms with van der Waals surface area (Å²) in [5.41, 5.74) is 6.48. The first kappa shape index (κ1) is 16.0. The van der Waals surface area contributed by atoms with Gasteiger partial charge in [0.2, 0.25) is 5.91 Å². The largest absolute Gasteiger partial charge is 0.484 e. The third kappa shape index (κ3) is 5.27. The lowest BCUT2D eigenvalue weighted by molar-refractivity contribution is -0.132. The van der Waals surface area contributed by atoms with Gasteiger partial charge >= 0.3 is 0 Å². The lowest BCUT2D eigenvalue weighted by Crippen LogP contribution is -2.39. The van der Waals surface area contributed by atoms with Gasteiger partial charge in [0, 0.05) is 20.1 Å². The van der Waals surface area contributed by atoms with Gasteiger partial charge in [-0.1, -0.05) is 12.1 Å². The van der Waals surface area contributed by atoms with Crippen LogP contribution in [0.25, 0.3) is 0 Å². The summed E-state index contributed by atoms with van der Waals surface area (Å²) in [5.74, 6) is 0.133. The van der Waals surface area contributed by atoms with E-state index < -0.39 is 0 Å². The van der Waals surface area contributed by atoms with Crippen LogP contribution >= 0.6 is 0 Å². The molecule has 1 aromatic rings. The van der Waals surface area contributed by atoms with Gasteiger partial charge in [-0.3, -0.25) is 9.59 Å². The standard InChI is InChI=1S/C14H21N3O3/c1-3-17(2)14(19)9-16-13(18)10-20-12-6-4-11(8-15)5-7-12/h4-7H,3,8-10,15H2,1-2H3,(H,16,18). The average molecular weight is 279 g/mol. The Bertz CT molecular complexity index is 445. The predicted molar refractivity (Wildman–Crippen MR) is 76.1 cm³/mol. The van der Waals surface area contributed by atoms with Crippen LogP contribution in [0.15, 0.2) is 24.3 Å². The Morgan fingerprint density at radius 3 is 2.50 bits per heavy atom. The van der Waals surface area contributed by atoms with Crippen molar-refractivity contribution in [1.82, 2.24) is 10.2 Å². The molecule has 0 aliphatic heterocycles. The third-order valence-electron chi connectivity index (χ3n) is 2.87. The molecule has 1 rings (SSSR count). The van der Waals surface area contributed by atoms with Crippen LogP contribution < -0.4 is 15.8 Å². The van der Waals surface area contributed by atoms with Crippen molar-refractivity contribution in [3.63, 3.8) is 0 Å². The normalized spacial score (nSPS) is 9.95. The van der Waals surface area contributed by atoms with Gasteiger partial charge in [-0.15, -0.1) is 0 Å². The number of hydrogen-bond donors (Lipinski definition) is 2. The summed E-state index contributed by atoms with van der Waals surface area (Å²) in [5, 5.41) is 2.52. The van der Waals surface area contributed by atoms with Gasteiger partial charge < -0.3 is 20.7 Å². The fraction of sp³-hybridized carbons (Fsp3) is 0.429. The van der Waals surface area contributed by atoms with Crippen molar-refractivity contribution in [3.05, 3.63) is 29.8 Å². The molecule has 20 heavy (non-hydrogen) atoms. The topological polar surface area (TPSA) is 84.7 Å². The molecule has 0 aliphatic rings. The Hall–Kier alpha value is -2.08. The van der Waals surface area contributed by atoms with E-state index >= 15 is 0 Å². The molecule has 0 radical (unpaired) electrons. The zero-order valence-electron chi connectivity index (χ0n) is 11.9. The summed E-state index contributed by atoms with van der Waals surface area (Å²) in [4.78, 5) is 24.5. The van der Waals surface area contributed by atoms with Crippen LogP contribution in [-0.2, 0) is 16.1 Å². The molecular weight excluding hydrogens is 258 g/mol. The van der Waals surface area contributed by atoms with Gasteiger partial charge in [-0.05, 0) is 24.6 Å². The smallest absolute Gasteiger partial charge is 0.258 e. The van der Waals surface area contributed by atoms with Crippen LogP contribution in [0.5, 0.6) is 5.75 Å². The number of nitrogens with zero attached hydrogens (tertiary/aromatic N) is 1. The highest BCUT2D eigenvalue weighted by Gasteiger charge is 2.09. The van der Waals surface area contributed by atoms with Gasteiger partial charge in [-0.25, -0.2) is 0 Å². The third-order valence-corrected chi connectivity index (χ3v) is 2.87. The molecule has 0 fully saturated rings.